The Labute approximate surface area is 112 Å². The number of carbonyl (C=O) groups excluding carboxylic acids is 1. The van der Waals surface area contributed by atoms with Gasteiger partial charge in [0.1, 0.15) is 0 Å². The Kier molecular flexibility index (Phi) is 5.68. The molecule has 1 aromatic rings. The molecule has 0 aliphatic rings. The Morgan fingerprint density at radius 3 is 2.35 bits per heavy atom. The molecular formula is C11H10BrN3OS. The van der Waals surface area contributed by atoms with Crippen LogP contribution in [0, 0.1) is 22.7 Å². The lowest BCUT2D eigenvalue weighted by Crippen LogP contribution is -2.32. The van der Waals surface area contributed by atoms with E-state index in [-0.39, 0.29) is 18.7 Å². The highest BCUT2D eigenvalue weighted by atomic mass is 79.9. The maximum Gasteiger partial charge on any atom is 0.254 e. The van der Waals surface area contributed by atoms with Crippen LogP contribution in [-0.4, -0.2) is 23.9 Å². The standard InChI is InChI=1S/C11H10BrN3OS/c12-10-7-9(8-17-10)11(16)15(5-1-3-13)6-2-4-14/h7-8H,1-2,5-6H2. The Morgan fingerprint density at radius 2 is 1.94 bits per heavy atom. The number of hydrogen-bond acceptors (Lipinski definition) is 4. The van der Waals surface area contributed by atoms with Crippen molar-refractivity contribution in [3.05, 3.63) is 20.8 Å². The molecule has 1 amide bonds. The summed E-state index contributed by atoms with van der Waals surface area (Å²) in [5.41, 5.74) is 0.595. The number of thiophene rings is 1. The summed E-state index contributed by atoms with van der Waals surface area (Å²) in [5.74, 6) is -0.127. The third-order valence-corrected chi connectivity index (χ3v) is 3.59. The molecule has 0 unspecified atom stereocenters. The molecular weight excluding hydrogens is 302 g/mol. The van der Waals surface area contributed by atoms with Crippen molar-refractivity contribution in [1.29, 1.82) is 10.5 Å². The maximum absolute atomic E-state index is 12.1. The Balaban J connectivity index is 2.72. The molecule has 0 atom stereocenters. The first-order valence-electron chi connectivity index (χ1n) is 4.96. The SMILES string of the molecule is N#CCCN(CCC#N)C(=O)c1csc(Br)c1. The van der Waals surface area contributed by atoms with E-state index in [1.165, 1.54) is 11.3 Å². The lowest BCUT2D eigenvalue weighted by Gasteiger charge is -2.19. The summed E-state index contributed by atoms with van der Waals surface area (Å²) in [5, 5.41) is 18.8. The van der Waals surface area contributed by atoms with Crippen LogP contribution in [0.3, 0.4) is 0 Å². The van der Waals surface area contributed by atoms with Crippen LogP contribution < -0.4 is 0 Å². The quantitative estimate of drug-likeness (QED) is 0.839. The molecule has 0 bridgehead atoms. The second kappa shape index (κ2) is 7.05. The van der Waals surface area contributed by atoms with E-state index in [9.17, 15) is 4.79 Å². The van der Waals surface area contributed by atoms with E-state index in [1.807, 2.05) is 12.1 Å². The van der Waals surface area contributed by atoms with Gasteiger partial charge in [0, 0.05) is 18.5 Å². The van der Waals surface area contributed by atoms with Crippen molar-refractivity contribution in [3.8, 4) is 12.1 Å². The minimum atomic E-state index is -0.127. The van der Waals surface area contributed by atoms with Gasteiger partial charge in [0.25, 0.3) is 5.91 Å². The van der Waals surface area contributed by atoms with E-state index in [0.717, 1.165) is 3.79 Å². The number of nitriles is 2. The highest BCUT2D eigenvalue weighted by Crippen LogP contribution is 2.21. The largest absolute Gasteiger partial charge is 0.337 e. The minimum absolute atomic E-state index is 0.127. The first-order chi connectivity index (χ1) is 8.19. The van der Waals surface area contributed by atoms with Gasteiger partial charge in [-0.2, -0.15) is 10.5 Å². The molecule has 0 saturated heterocycles. The number of amides is 1. The Hall–Kier alpha value is -1.37. The zero-order valence-corrected chi connectivity index (χ0v) is 11.4. The molecule has 0 N–H and O–H groups in total. The molecule has 1 aromatic heterocycles. The zero-order chi connectivity index (χ0) is 12.7. The first kappa shape index (κ1) is 13.7. The molecule has 0 saturated carbocycles. The van der Waals surface area contributed by atoms with Gasteiger partial charge in [-0.05, 0) is 22.0 Å². The average molecular weight is 312 g/mol. The first-order valence-corrected chi connectivity index (χ1v) is 6.63. The van der Waals surface area contributed by atoms with Crippen molar-refractivity contribution >= 4 is 33.2 Å². The van der Waals surface area contributed by atoms with Gasteiger partial charge in [0.05, 0.1) is 34.3 Å². The molecule has 1 heterocycles. The fourth-order valence-electron chi connectivity index (χ4n) is 1.29. The van der Waals surface area contributed by atoms with Gasteiger partial charge < -0.3 is 4.90 Å². The van der Waals surface area contributed by atoms with Crippen LogP contribution in [0.2, 0.25) is 0 Å². The summed E-state index contributed by atoms with van der Waals surface area (Å²) in [6.45, 7) is 0.731. The van der Waals surface area contributed by atoms with Crippen molar-refractivity contribution in [3.63, 3.8) is 0 Å². The van der Waals surface area contributed by atoms with E-state index < -0.39 is 0 Å². The summed E-state index contributed by atoms with van der Waals surface area (Å²) < 4.78 is 0.890. The second-order valence-electron chi connectivity index (χ2n) is 3.25. The molecule has 0 fully saturated rings. The fourth-order valence-corrected chi connectivity index (χ4v) is 2.42. The highest BCUT2D eigenvalue weighted by molar-refractivity contribution is 9.11. The second-order valence-corrected chi connectivity index (χ2v) is 5.54. The Bertz CT molecular complexity index is 454. The monoisotopic (exact) mass is 311 g/mol. The molecule has 1 rings (SSSR count). The molecule has 0 spiro atoms. The maximum atomic E-state index is 12.1. The van der Waals surface area contributed by atoms with Crippen molar-refractivity contribution < 1.29 is 4.79 Å². The van der Waals surface area contributed by atoms with E-state index in [4.69, 9.17) is 10.5 Å². The number of halogens is 1. The summed E-state index contributed by atoms with van der Waals surface area (Å²) in [7, 11) is 0. The van der Waals surface area contributed by atoms with Crippen LogP contribution in [0.25, 0.3) is 0 Å². The predicted octanol–water partition coefficient (Wildman–Crippen LogP) is 2.78. The molecule has 0 aliphatic heterocycles. The van der Waals surface area contributed by atoms with E-state index >= 15 is 0 Å². The Morgan fingerprint density at radius 1 is 1.35 bits per heavy atom. The van der Waals surface area contributed by atoms with Crippen molar-refractivity contribution in [2.75, 3.05) is 13.1 Å². The smallest absolute Gasteiger partial charge is 0.254 e. The van der Waals surface area contributed by atoms with Gasteiger partial charge in [0.15, 0.2) is 0 Å². The van der Waals surface area contributed by atoms with Crippen molar-refractivity contribution in [2.45, 2.75) is 12.8 Å². The highest BCUT2D eigenvalue weighted by Gasteiger charge is 2.16. The van der Waals surface area contributed by atoms with Gasteiger partial charge >= 0.3 is 0 Å². The molecule has 88 valence electrons. The number of rotatable bonds is 5. The van der Waals surface area contributed by atoms with Crippen molar-refractivity contribution in [2.24, 2.45) is 0 Å². The molecule has 6 heteroatoms. The van der Waals surface area contributed by atoms with Crippen LogP contribution in [-0.2, 0) is 0 Å². The fraction of sp³-hybridized carbons (Fsp3) is 0.364. The van der Waals surface area contributed by atoms with Gasteiger partial charge in [0.2, 0.25) is 0 Å². The normalized spacial score (nSPS) is 9.35. The number of hydrogen-bond donors (Lipinski definition) is 0. The van der Waals surface area contributed by atoms with E-state index in [1.54, 1.807) is 16.3 Å². The predicted molar refractivity (Wildman–Crippen MR) is 68.4 cm³/mol. The molecule has 0 radical (unpaired) electrons. The molecule has 4 nitrogen and oxygen atoms in total. The number of carbonyl (C=O) groups is 1. The zero-order valence-electron chi connectivity index (χ0n) is 9.02. The minimum Gasteiger partial charge on any atom is -0.337 e. The van der Waals surface area contributed by atoms with Gasteiger partial charge in [-0.25, -0.2) is 0 Å². The van der Waals surface area contributed by atoms with Gasteiger partial charge in [-0.3, -0.25) is 4.79 Å². The molecule has 0 aromatic carbocycles. The van der Waals surface area contributed by atoms with Crippen LogP contribution in [0.15, 0.2) is 15.2 Å². The van der Waals surface area contributed by atoms with E-state index in [0.29, 0.717) is 18.7 Å². The molecule has 17 heavy (non-hydrogen) atoms. The summed E-state index contributed by atoms with van der Waals surface area (Å²) in [6.07, 6.45) is 0.560. The lowest BCUT2D eigenvalue weighted by molar-refractivity contribution is 0.0763. The topological polar surface area (TPSA) is 67.9 Å². The average Bonchev–Trinajstić information content (AvgIpc) is 2.75. The third-order valence-electron chi connectivity index (χ3n) is 2.09. The van der Waals surface area contributed by atoms with Gasteiger partial charge in [-0.15, -0.1) is 11.3 Å². The van der Waals surface area contributed by atoms with Crippen LogP contribution in [0.5, 0.6) is 0 Å². The lowest BCUT2D eigenvalue weighted by atomic mass is 10.2. The van der Waals surface area contributed by atoms with Crippen LogP contribution in [0.4, 0.5) is 0 Å². The van der Waals surface area contributed by atoms with Crippen LogP contribution in [0.1, 0.15) is 23.2 Å². The third kappa shape index (κ3) is 4.18. The summed E-state index contributed by atoms with van der Waals surface area (Å²) in [6, 6.07) is 5.75. The van der Waals surface area contributed by atoms with Crippen LogP contribution >= 0.6 is 27.3 Å². The summed E-state index contributed by atoms with van der Waals surface area (Å²) >= 11 is 4.73. The molecule has 0 aliphatic carbocycles. The number of nitrogens with zero attached hydrogens (tertiary/aromatic N) is 3. The summed E-state index contributed by atoms with van der Waals surface area (Å²) in [4.78, 5) is 13.6. The van der Waals surface area contributed by atoms with E-state index in [2.05, 4.69) is 15.9 Å². The van der Waals surface area contributed by atoms with Crippen molar-refractivity contribution in [1.82, 2.24) is 4.90 Å². The van der Waals surface area contributed by atoms with Gasteiger partial charge in [-0.1, -0.05) is 0 Å².